The molecule has 5 atom stereocenters. The lowest BCUT2D eigenvalue weighted by Gasteiger charge is -2.64. The summed E-state index contributed by atoms with van der Waals surface area (Å²) >= 11 is 0. The highest BCUT2D eigenvalue weighted by atomic mass is 16.6. The summed E-state index contributed by atoms with van der Waals surface area (Å²) in [7, 11) is 1.73. The third kappa shape index (κ3) is 3.10. The fourth-order valence-electron chi connectivity index (χ4n) is 7.90. The number of piperidine rings is 1. The lowest BCUT2D eigenvalue weighted by atomic mass is 9.48. The number of likely N-dealkylation sites (N-methyl/N-ethyl adjacent to an activating group) is 1. The molecule has 2 bridgehead atoms. The van der Waals surface area contributed by atoms with Crippen LogP contribution in [0.25, 0.3) is 6.08 Å². The van der Waals surface area contributed by atoms with Crippen LogP contribution >= 0.6 is 0 Å². The molecule has 5 aliphatic rings. The SMILES string of the molecule is CN(C(=O)/C=C/c1ccoc1)C1CC[C@@]2(O)[C@H]3Cc4c([N+](=O)[O-])cc(O)c5c4[C@@]2(CCN3CC2CC2)C1O5. The molecule has 3 fully saturated rings. The second kappa shape index (κ2) is 8.07. The van der Waals surface area contributed by atoms with Gasteiger partial charge < -0.3 is 24.3 Å². The summed E-state index contributed by atoms with van der Waals surface area (Å²) in [6.45, 7) is 1.61. The van der Waals surface area contributed by atoms with Gasteiger partial charge >= 0.3 is 0 Å². The average molecular weight is 522 g/mol. The van der Waals surface area contributed by atoms with Crippen LogP contribution < -0.4 is 4.74 Å². The number of aliphatic hydroxyl groups is 1. The molecule has 1 aromatic heterocycles. The zero-order valence-corrected chi connectivity index (χ0v) is 21.2. The molecule has 1 amide bonds. The number of ether oxygens (including phenoxy) is 1. The number of benzene rings is 1. The first-order valence-electron chi connectivity index (χ1n) is 13.4. The number of nitro benzene ring substituents is 1. The van der Waals surface area contributed by atoms with Gasteiger partial charge in [-0.05, 0) is 63.1 Å². The maximum atomic E-state index is 13.2. The Labute approximate surface area is 219 Å². The molecular formula is C28H31N3O7. The third-order valence-corrected chi connectivity index (χ3v) is 9.84. The van der Waals surface area contributed by atoms with Gasteiger partial charge in [0.25, 0.3) is 5.69 Å². The summed E-state index contributed by atoms with van der Waals surface area (Å²) in [5, 5.41) is 35.6. The molecular weight excluding hydrogens is 490 g/mol. The molecule has 200 valence electrons. The number of phenols is 1. The van der Waals surface area contributed by atoms with Gasteiger partial charge in [-0.1, -0.05) is 0 Å². The number of hydrogen-bond donors (Lipinski definition) is 2. The van der Waals surface area contributed by atoms with E-state index in [9.17, 15) is 25.1 Å². The quantitative estimate of drug-likeness (QED) is 0.337. The van der Waals surface area contributed by atoms with Crippen molar-refractivity contribution in [3.05, 3.63) is 57.5 Å². The standard InChI is InChI=1S/C28H31N3O7/c1-29(23(33)5-4-17-7-11-37-15-17)19-6-8-28(34)22-12-18-20(31(35)36)13-21(32)25-24(18)27(28,26(19)38-25)9-10-30(22)14-16-2-3-16/h4-5,7,11,13,15-16,19,22,26,32,34H,2-3,6,8-10,12,14H2,1H3/b5-4+/t19?,22-,26?,27+,28-/m1/s1. The molecule has 2 saturated carbocycles. The van der Waals surface area contributed by atoms with E-state index >= 15 is 0 Å². The Balaban J connectivity index is 1.33. The summed E-state index contributed by atoms with van der Waals surface area (Å²) in [5.74, 6) is 0.335. The number of hydrogen-bond acceptors (Lipinski definition) is 8. The highest BCUT2D eigenvalue weighted by Gasteiger charge is 2.74. The first-order valence-corrected chi connectivity index (χ1v) is 13.4. The van der Waals surface area contributed by atoms with Gasteiger partial charge in [0.15, 0.2) is 11.5 Å². The zero-order valence-electron chi connectivity index (χ0n) is 21.2. The molecule has 1 spiro atoms. The number of likely N-dealkylation sites (tertiary alicyclic amines) is 1. The van der Waals surface area contributed by atoms with Gasteiger partial charge in [0, 0.05) is 42.4 Å². The molecule has 38 heavy (non-hydrogen) atoms. The number of furan rings is 1. The van der Waals surface area contributed by atoms with Crippen molar-refractivity contribution in [3.63, 3.8) is 0 Å². The molecule has 3 heterocycles. The van der Waals surface area contributed by atoms with Crippen molar-refractivity contribution in [2.45, 2.75) is 67.7 Å². The Morgan fingerprint density at radius 2 is 2.16 bits per heavy atom. The number of rotatable bonds is 6. The number of nitrogens with zero attached hydrogens (tertiary/aromatic N) is 3. The lowest BCUT2D eigenvalue weighted by molar-refractivity contribution is -0.386. The summed E-state index contributed by atoms with van der Waals surface area (Å²) < 4.78 is 11.6. The van der Waals surface area contributed by atoms with E-state index in [1.807, 2.05) is 0 Å². The van der Waals surface area contributed by atoms with Crippen LogP contribution in [0.15, 0.2) is 35.2 Å². The van der Waals surface area contributed by atoms with Gasteiger partial charge in [0.05, 0.1) is 40.6 Å². The maximum absolute atomic E-state index is 13.2. The number of carbonyl (C=O) groups excluding carboxylic acids is 1. The van der Waals surface area contributed by atoms with Crippen molar-refractivity contribution in [3.8, 4) is 11.5 Å². The highest BCUT2D eigenvalue weighted by Crippen LogP contribution is 2.67. The Hall–Kier alpha value is -3.37. The van der Waals surface area contributed by atoms with Crippen LogP contribution in [-0.4, -0.2) is 74.8 Å². The maximum Gasteiger partial charge on any atom is 0.276 e. The summed E-state index contributed by atoms with van der Waals surface area (Å²) in [4.78, 5) is 28.9. The van der Waals surface area contributed by atoms with Crippen molar-refractivity contribution in [1.82, 2.24) is 9.80 Å². The second-order valence-electron chi connectivity index (χ2n) is 11.6. The molecule has 2 aliphatic heterocycles. The first-order chi connectivity index (χ1) is 18.2. The predicted molar refractivity (Wildman–Crippen MR) is 136 cm³/mol. The number of carbonyl (C=O) groups is 1. The van der Waals surface area contributed by atoms with Crippen molar-refractivity contribution in [1.29, 1.82) is 0 Å². The Bertz CT molecular complexity index is 1350. The summed E-state index contributed by atoms with van der Waals surface area (Å²) in [6, 6.07) is 2.27. The molecule has 3 aliphatic carbocycles. The molecule has 1 aromatic carbocycles. The van der Waals surface area contributed by atoms with E-state index in [1.165, 1.54) is 31.2 Å². The first kappa shape index (κ1) is 23.7. The van der Waals surface area contributed by atoms with Gasteiger partial charge in [0.1, 0.15) is 6.10 Å². The number of nitro groups is 1. The van der Waals surface area contributed by atoms with Crippen LogP contribution in [-0.2, 0) is 16.6 Å². The van der Waals surface area contributed by atoms with Gasteiger partial charge in [-0.15, -0.1) is 0 Å². The van der Waals surface area contributed by atoms with Crippen LogP contribution in [0.1, 0.15) is 48.8 Å². The number of phenolic OH excluding ortho intramolecular Hbond substituents is 1. The van der Waals surface area contributed by atoms with Gasteiger partial charge in [-0.2, -0.15) is 0 Å². The number of aromatic hydroxyl groups is 1. The van der Waals surface area contributed by atoms with Gasteiger partial charge in [-0.3, -0.25) is 19.8 Å². The van der Waals surface area contributed by atoms with Crippen LogP contribution in [0, 0.1) is 16.0 Å². The van der Waals surface area contributed by atoms with Crippen LogP contribution in [0.3, 0.4) is 0 Å². The van der Waals surface area contributed by atoms with Crippen LogP contribution in [0.2, 0.25) is 0 Å². The molecule has 1 saturated heterocycles. The third-order valence-electron chi connectivity index (χ3n) is 9.84. The van der Waals surface area contributed by atoms with Crippen LogP contribution in [0.5, 0.6) is 11.5 Å². The minimum Gasteiger partial charge on any atom is -0.504 e. The Kier molecular flexibility index (Phi) is 5.04. The molecule has 2 unspecified atom stereocenters. The molecule has 10 heteroatoms. The van der Waals surface area contributed by atoms with Crippen molar-refractivity contribution in [2.75, 3.05) is 20.1 Å². The smallest absolute Gasteiger partial charge is 0.276 e. The predicted octanol–water partition coefficient (Wildman–Crippen LogP) is 3.00. The fraction of sp³-hybridized carbons (Fsp3) is 0.536. The van der Waals surface area contributed by atoms with Crippen molar-refractivity contribution < 1.29 is 29.1 Å². The molecule has 10 nitrogen and oxygen atoms in total. The second-order valence-corrected chi connectivity index (χ2v) is 11.6. The van der Waals surface area contributed by atoms with E-state index in [2.05, 4.69) is 4.90 Å². The summed E-state index contributed by atoms with van der Waals surface area (Å²) in [6.07, 6.45) is 9.82. The minimum absolute atomic E-state index is 0.125. The van der Waals surface area contributed by atoms with E-state index in [0.717, 1.165) is 18.7 Å². The van der Waals surface area contributed by atoms with Crippen LogP contribution in [0.4, 0.5) is 5.69 Å². The minimum atomic E-state index is -1.18. The van der Waals surface area contributed by atoms with E-state index < -0.39 is 22.0 Å². The van der Waals surface area contributed by atoms with E-state index in [-0.39, 0.29) is 35.2 Å². The van der Waals surface area contributed by atoms with Crippen molar-refractivity contribution >= 4 is 17.7 Å². The fourth-order valence-corrected chi connectivity index (χ4v) is 7.90. The van der Waals surface area contributed by atoms with E-state index in [1.54, 1.807) is 30.4 Å². The normalized spacial score (nSPS) is 33.2. The Morgan fingerprint density at radius 1 is 1.34 bits per heavy atom. The topological polar surface area (TPSA) is 130 Å². The van der Waals surface area contributed by atoms with Gasteiger partial charge in [0.2, 0.25) is 5.91 Å². The van der Waals surface area contributed by atoms with E-state index in [0.29, 0.717) is 42.7 Å². The number of amides is 1. The summed E-state index contributed by atoms with van der Waals surface area (Å²) in [5.41, 5.74) is -0.352. The Morgan fingerprint density at radius 3 is 2.87 bits per heavy atom. The molecule has 0 radical (unpaired) electrons. The molecule has 2 aromatic rings. The largest absolute Gasteiger partial charge is 0.504 e. The molecule has 2 N–H and O–H groups in total. The zero-order chi connectivity index (χ0) is 26.4. The average Bonchev–Trinajstić information content (AvgIpc) is 3.40. The monoisotopic (exact) mass is 521 g/mol. The lowest BCUT2D eigenvalue weighted by Crippen LogP contribution is -2.78. The molecule has 7 rings (SSSR count). The highest BCUT2D eigenvalue weighted by molar-refractivity contribution is 5.92. The van der Waals surface area contributed by atoms with E-state index in [4.69, 9.17) is 9.15 Å². The van der Waals surface area contributed by atoms with Gasteiger partial charge in [-0.25, -0.2) is 0 Å². The van der Waals surface area contributed by atoms with Crippen molar-refractivity contribution in [2.24, 2.45) is 5.92 Å².